The highest BCUT2D eigenvalue weighted by molar-refractivity contribution is 5.41. The van der Waals surface area contributed by atoms with Crippen LogP contribution >= 0.6 is 0 Å². The second-order valence-corrected chi connectivity index (χ2v) is 6.64. The van der Waals surface area contributed by atoms with E-state index in [9.17, 15) is 9.18 Å². The van der Waals surface area contributed by atoms with Gasteiger partial charge in [-0.05, 0) is 31.4 Å². The number of para-hydroxylation sites is 1. The maximum Gasteiger partial charge on any atom is 0.352 e. The van der Waals surface area contributed by atoms with Crippen molar-refractivity contribution >= 4 is 0 Å². The van der Waals surface area contributed by atoms with Crippen LogP contribution in [-0.4, -0.2) is 27.1 Å². The van der Waals surface area contributed by atoms with Crippen molar-refractivity contribution in [2.45, 2.75) is 59.0 Å². The summed E-state index contributed by atoms with van der Waals surface area (Å²) in [6.07, 6.45) is 2.25. The van der Waals surface area contributed by atoms with Gasteiger partial charge in [-0.1, -0.05) is 38.5 Å². The van der Waals surface area contributed by atoms with Crippen LogP contribution in [0.25, 0.3) is 0 Å². The molecule has 2 unspecified atom stereocenters. The molecule has 2 heterocycles. The van der Waals surface area contributed by atoms with E-state index in [4.69, 9.17) is 14.6 Å². The summed E-state index contributed by atoms with van der Waals surface area (Å²) in [5.41, 5.74) is 1.28. The van der Waals surface area contributed by atoms with Gasteiger partial charge in [0.05, 0.1) is 0 Å². The van der Waals surface area contributed by atoms with Gasteiger partial charge >= 0.3 is 5.69 Å². The Bertz CT molecular complexity index is 804. The van der Waals surface area contributed by atoms with Crippen molar-refractivity contribution in [1.82, 2.24) is 9.55 Å². The fraction of sp³-hybridized carbons (Fsp3) is 0.500. The number of aliphatic hydroxyl groups is 1. The van der Waals surface area contributed by atoms with Gasteiger partial charge in [-0.15, -0.1) is 0 Å². The molecule has 1 saturated heterocycles. The number of benzene rings is 1. The Morgan fingerprint density at radius 1 is 1.33 bits per heavy atom. The average Bonchev–Trinajstić information content (AvgIpc) is 3.02. The molecular weight excluding hydrogens is 351 g/mol. The molecule has 1 fully saturated rings. The summed E-state index contributed by atoms with van der Waals surface area (Å²) < 4.78 is 26.0. The molecule has 0 amide bonds. The van der Waals surface area contributed by atoms with Gasteiger partial charge in [0.1, 0.15) is 18.6 Å². The maximum absolute atomic E-state index is 13.9. The summed E-state index contributed by atoms with van der Waals surface area (Å²) >= 11 is 0. The van der Waals surface area contributed by atoms with Crippen LogP contribution in [0.3, 0.4) is 0 Å². The Morgan fingerprint density at radius 3 is 2.48 bits per heavy atom. The Hall–Kier alpha value is -2.25. The molecule has 27 heavy (non-hydrogen) atoms. The molecule has 7 heteroatoms. The summed E-state index contributed by atoms with van der Waals surface area (Å²) in [5.74, 6) is -1.28. The monoisotopic (exact) mass is 378 g/mol. The standard InChI is InChI=1S/C17H19FN2O4.C3H8/c1-11-4-3-5-12(2)15(11)23-13-7-9-20(16(22)19-13)14-6-8-17(18,10-21)24-14;1-3-2/h3-5,7,9,14,21H,6,8,10H2,1-2H3;3H2,1-2H3. The molecule has 2 atom stereocenters. The van der Waals surface area contributed by atoms with Crippen LogP contribution in [0.4, 0.5) is 4.39 Å². The molecule has 3 rings (SSSR count). The number of nitrogens with zero attached hydrogens (tertiary/aromatic N) is 2. The predicted molar refractivity (Wildman–Crippen MR) is 101 cm³/mol. The first-order valence-electron chi connectivity index (χ1n) is 9.14. The molecule has 0 saturated carbocycles. The van der Waals surface area contributed by atoms with Crippen LogP contribution in [0.1, 0.15) is 50.5 Å². The van der Waals surface area contributed by atoms with Crippen LogP contribution < -0.4 is 10.4 Å². The van der Waals surface area contributed by atoms with Crippen molar-refractivity contribution in [1.29, 1.82) is 0 Å². The molecule has 1 aromatic carbocycles. The zero-order chi connectivity index (χ0) is 20.0. The van der Waals surface area contributed by atoms with Crippen LogP contribution in [0.5, 0.6) is 11.6 Å². The zero-order valence-corrected chi connectivity index (χ0v) is 16.2. The van der Waals surface area contributed by atoms with E-state index in [2.05, 4.69) is 18.8 Å². The second kappa shape index (κ2) is 9.10. The molecule has 0 spiro atoms. The minimum Gasteiger partial charge on any atom is -0.438 e. The minimum absolute atomic E-state index is 0.0290. The van der Waals surface area contributed by atoms with Crippen molar-refractivity contribution in [2.75, 3.05) is 6.61 Å². The summed E-state index contributed by atoms with van der Waals surface area (Å²) in [6, 6.07) is 7.27. The lowest BCUT2D eigenvalue weighted by Crippen LogP contribution is -2.31. The molecule has 0 bridgehead atoms. The SMILES string of the molecule is CCC.Cc1cccc(C)c1Oc1ccn(C2CCC(F)(CO)O2)c(=O)n1. The van der Waals surface area contributed by atoms with Crippen molar-refractivity contribution in [3.8, 4) is 11.6 Å². The fourth-order valence-electron chi connectivity index (χ4n) is 2.75. The number of aryl methyl sites for hydroxylation is 2. The summed E-state index contributed by atoms with van der Waals surface area (Å²) in [4.78, 5) is 16.1. The van der Waals surface area contributed by atoms with E-state index >= 15 is 0 Å². The Labute approximate surface area is 158 Å². The van der Waals surface area contributed by atoms with Gasteiger partial charge in [0.25, 0.3) is 0 Å². The number of alkyl halides is 1. The second-order valence-electron chi connectivity index (χ2n) is 6.64. The van der Waals surface area contributed by atoms with E-state index in [1.54, 1.807) is 0 Å². The first-order valence-corrected chi connectivity index (χ1v) is 9.14. The van der Waals surface area contributed by atoms with Gasteiger partial charge in [0.15, 0.2) is 0 Å². The zero-order valence-electron chi connectivity index (χ0n) is 16.2. The molecule has 1 aliphatic rings. The van der Waals surface area contributed by atoms with Crippen LogP contribution in [0.15, 0.2) is 35.3 Å². The van der Waals surface area contributed by atoms with E-state index in [0.717, 1.165) is 11.1 Å². The van der Waals surface area contributed by atoms with E-state index in [0.29, 0.717) is 5.75 Å². The highest BCUT2D eigenvalue weighted by Gasteiger charge is 2.41. The normalized spacial score (nSPS) is 21.5. The molecule has 1 aliphatic heterocycles. The first kappa shape index (κ1) is 21.1. The largest absolute Gasteiger partial charge is 0.438 e. The highest BCUT2D eigenvalue weighted by atomic mass is 19.2. The third-order valence-corrected chi connectivity index (χ3v) is 4.08. The van der Waals surface area contributed by atoms with E-state index in [-0.39, 0.29) is 18.7 Å². The summed E-state index contributed by atoms with van der Waals surface area (Å²) in [5, 5.41) is 9.00. The molecule has 148 valence electrons. The summed E-state index contributed by atoms with van der Waals surface area (Å²) in [6.45, 7) is 7.33. The highest BCUT2D eigenvalue weighted by Crippen LogP contribution is 2.36. The van der Waals surface area contributed by atoms with Gasteiger partial charge in [-0.3, -0.25) is 4.57 Å². The van der Waals surface area contributed by atoms with Gasteiger partial charge in [-0.25, -0.2) is 9.18 Å². The van der Waals surface area contributed by atoms with Crippen molar-refractivity contribution in [3.05, 3.63) is 52.1 Å². The number of aliphatic hydroxyl groups excluding tert-OH is 1. The number of ether oxygens (including phenoxy) is 2. The topological polar surface area (TPSA) is 73.6 Å². The molecule has 0 radical (unpaired) electrons. The minimum atomic E-state index is -2.10. The number of aromatic nitrogens is 2. The predicted octanol–water partition coefficient (Wildman–Crippen LogP) is 4.04. The van der Waals surface area contributed by atoms with E-state index in [1.807, 2.05) is 32.0 Å². The number of rotatable bonds is 4. The Morgan fingerprint density at radius 2 is 1.96 bits per heavy atom. The van der Waals surface area contributed by atoms with Gasteiger partial charge in [0.2, 0.25) is 11.7 Å². The van der Waals surface area contributed by atoms with Gasteiger partial charge in [0, 0.05) is 18.7 Å². The number of halogens is 1. The van der Waals surface area contributed by atoms with Crippen LogP contribution in [0, 0.1) is 13.8 Å². The summed E-state index contributed by atoms with van der Waals surface area (Å²) in [7, 11) is 0. The quantitative estimate of drug-likeness (QED) is 0.869. The molecule has 6 nitrogen and oxygen atoms in total. The maximum atomic E-state index is 13.9. The number of hydrogen-bond donors (Lipinski definition) is 1. The Kier molecular flexibility index (Phi) is 7.10. The molecule has 1 aromatic heterocycles. The van der Waals surface area contributed by atoms with Crippen molar-refractivity contribution < 1.29 is 19.0 Å². The van der Waals surface area contributed by atoms with Gasteiger partial charge < -0.3 is 14.6 Å². The third kappa shape index (κ3) is 5.14. The third-order valence-electron chi connectivity index (χ3n) is 4.08. The first-order chi connectivity index (χ1) is 12.8. The molecule has 2 aromatic rings. The Balaban J connectivity index is 0.000000817. The molecular formula is C20H27FN2O4. The van der Waals surface area contributed by atoms with E-state index in [1.165, 1.54) is 23.3 Å². The lowest BCUT2D eigenvalue weighted by Gasteiger charge is -2.19. The lowest BCUT2D eigenvalue weighted by atomic mass is 10.1. The smallest absolute Gasteiger partial charge is 0.352 e. The van der Waals surface area contributed by atoms with Crippen LogP contribution in [-0.2, 0) is 4.74 Å². The van der Waals surface area contributed by atoms with Crippen LogP contribution in [0.2, 0.25) is 0 Å². The molecule has 0 aliphatic carbocycles. The number of hydrogen-bond acceptors (Lipinski definition) is 5. The average molecular weight is 378 g/mol. The van der Waals surface area contributed by atoms with Gasteiger partial charge in [-0.2, -0.15) is 4.98 Å². The van der Waals surface area contributed by atoms with Crippen molar-refractivity contribution in [3.63, 3.8) is 0 Å². The fourth-order valence-corrected chi connectivity index (χ4v) is 2.75. The molecule has 1 N–H and O–H groups in total. The van der Waals surface area contributed by atoms with Crippen molar-refractivity contribution in [2.24, 2.45) is 0 Å². The lowest BCUT2D eigenvalue weighted by molar-refractivity contribution is -0.177. The van der Waals surface area contributed by atoms with E-state index < -0.39 is 24.4 Å².